The molecule has 3 nitrogen and oxygen atoms in total. The van der Waals surface area contributed by atoms with E-state index in [-0.39, 0.29) is 0 Å². The van der Waals surface area contributed by atoms with E-state index in [1.165, 1.54) is 12.0 Å². The number of H-pyrrole nitrogens is 1. The van der Waals surface area contributed by atoms with Crippen LogP contribution in [-0.2, 0) is 4.18 Å². The van der Waals surface area contributed by atoms with Gasteiger partial charge in [-0.1, -0.05) is 54.1 Å². The minimum atomic E-state index is 0.650. The van der Waals surface area contributed by atoms with Crippen LogP contribution in [0.3, 0.4) is 0 Å². The minimum Gasteiger partial charge on any atom is -0.417 e. The summed E-state index contributed by atoms with van der Waals surface area (Å²) in [5, 5.41) is 0.701. The first-order chi connectivity index (χ1) is 12.8. The normalized spacial score (nSPS) is 11.7. The Bertz CT molecular complexity index is 1010. The van der Waals surface area contributed by atoms with E-state index in [0.717, 1.165) is 21.5 Å². The van der Waals surface area contributed by atoms with Gasteiger partial charge in [0.05, 0.1) is 23.1 Å². The number of nitrogens with zero attached hydrogens (tertiary/aromatic N) is 1. The molecule has 128 valence electrons. The molecule has 5 heteroatoms. The zero-order chi connectivity index (χ0) is 17.8. The molecule has 0 aliphatic rings. The van der Waals surface area contributed by atoms with Gasteiger partial charge < -0.3 is 9.17 Å². The first-order valence-corrected chi connectivity index (χ1v) is 9.22. The van der Waals surface area contributed by atoms with Crippen molar-refractivity contribution in [3.05, 3.63) is 95.3 Å². The lowest BCUT2D eigenvalue weighted by Gasteiger charge is -2.07. The molecule has 0 atom stereocenters. The van der Waals surface area contributed by atoms with Crippen molar-refractivity contribution in [2.45, 2.75) is 4.90 Å². The highest BCUT2D eigenvalue weighted by atomic mass is 35.5. The quantitative estimate of drug-likeness (QED) is 0.321. The maximum absolute atomic E-state index is 6.03. The Labute approximate surface area is 160 Å². The van der Waals surface area contributed by atoms with E-state index >= 15 is 0 Å². The lowest BCUT2D eigenvalue weighted by molar-refractivity contribution is 0.600. The Morgan fingerprint density at radius 3 is 2.42 bits per heavy atom. The van der Waals surface area contributed by atoms with Crippen molar-refractivity contribution in [3.63, 3.8) is 0 Å². The smallest absolute Gasteiger partial charge is 0.181 e. The summed E-state index contributed by atoms with van der Waals surface area (Å²) >= 11 is 7.29. The van der Waals surface area contributed by atoms with Crippen LogP contribution in [0.1, 0.15) is 11.4 Å². The number of nitrogens with one attached hydrogen (secondary N) is 1. The second-order valence-corrected chi connectivity index (χ2v) is 6.88. The van der Waals surface area contributed by atoms with Crippen molar-refractivity contribution in [2.24, 2.45) is 0 Å². The molecule has 0 saturated heterocycles. The second kappa shape index (κ2) is 7.68. The van der Waals surface area contributed by atoms with Gasteiger partial charge >= 0.3 is 0 Å². The highest BCUT2D eigenvalue weighted by molar-refractivity contribution is 7.95. The summed E-state index contributed by atoms with van der Waals surface area (Å²) in [6, 6.07) is 25.5. The molecule has 3 aromatic carbocycles. The standard InChI is InChI=1S/C21H15ClN2OS/c22-16-12-10-15(11-13-16)14-20(25-26-17-6-2-1-3-7-17)21-23-18-8-4-5-9-19(18)24-21/h1-14H,(H,23,24)/b20-14+. The number of benzene rings is 3. The number of imidazole rings is 1. The van der Waals surface area contributed by atoms with Gasteiger partial charge in [0.1, 0.15) is 0 Å². The Kier molecular flexibility index (Phi) is 4.95. The highest BCUT2D eigenvalue weighted by Crippen LogP contribution is 2.29. The maximum atomic E-state index is 6.03. The molecular weight excluding hydrogens is 364 g/mol. The predicted molar refractivity (Wildman–Crippen MR) is 109 cm³/mol. The molecule has 0 radical (unpaired) electrons. The highest BCUT2D eigenvalue weighted by Gasteiger charge is 2.11. The van der Waals surface area contributed by atoms with Crippen LogP contribution in [0, 0.1) is 0 Å². The Morgan fingerprint density at radius 2 is 1.65 bits per heavy atom. The number of halogens is 1. The van der Waals surface area contributed by atoms with Crippen LogP contribution in [0.4, 0.5) is 0 Å². The summed E-state index contributed by atoms with van der Waals surface area (Å²) in [6.45, 7) is 0. The molecule has 0 unspecified atom stereocenters. The van der Waals surface area contributed by atoms with E-state index in [4.69, 9.17) is 15.8 Å². The summed E-state index contributed by atoms with van der Waals surface area (Å²) in [7, 11) is 0. The Hall–Kier alpha value is -2.69. The monoisotopic (exact) mass is 378 g/mol. The van der Waals surface area contributed by atoms with Gasteiger partial charge in [0.15, 0.2) is 11.6 Å². The molecule has 0 spiro atoms. The number of aromatic amines is 1. The van der Waals surface area contributed by atoms with Crippen LogP contribution in [-0.4, -0.2) is 9.97 Å². The number of hydrogen-bond donors (Lipinski definition) is 1. The van der Waals surface area contributed by atoms with Crippen molar-refractivity contribution < 1.29 is 4.18 Å². The molecule has 4 aromatic rings. The fourth-order valence-electron chi connectivity index (χ4n) is 2.48. The molecule has 26 heavy (non-hydrogen) atoms. The number of hydrogen-bond acceptors (Lipinski definition) is 3. The summed E-state index contributed by atoms with van der Waals surface area (Å²) < 4.78 is 6.03. The van der Waals surface area contributed by atoms with Crippen LogP contribution in [0.25, 0.3) is 22.9 Å². The van der Waals surface area contributed by atoms with Crippen molar-refractivity contribution in [1.82, 2.24) is 9.97 Å². The third-order valence-corrected chi connectivity index (χ3v) is 4.74. The molecule has 4 rings (SSSR count). The molecule has 0 saturated carbocycles. The molecule has 0 aliphatic carbocycles. The molecule has 1 aromatic heterocycles. The van der Waals surface area contributed by atoms with Crippen molar-refractivity contribution in [1.29, 1.82) is 0 Å². The zero-order valence-electron chi connectivity index (χ0n) is 13.7. The van der Waals surface area contributed by atoms with Gasteiger partial charge in [-0.15, -0.1) is 0 Å². The maximum Gasteiger partial charge on any atom is 0.181 e. The molecule has 0 bridgehead atoms. The SMILES string of the molecule is Clc1ccc(/C=C(/OSc2ccccc2)c2nc3ccccc3[nH]2)cc1. The fraction of sp³-hybridized carbons (Fsp3) is 0. The van der Waals surface area contributed by atoms with Crippen LogP contribution in [0.15, 0.2) is 83.8 Å². The van der Waals surface area contributed by atoms with Gasteiger partial charge in [0, 0.05) is 9.92 Å². The molecule has 1 heterocycles. The van der Waals surface area contributed by atoms with Crippen molar-refractivity contribution in [2.75, 3.05) is 0 Å². The largest absolute Gasteiger partial charge is 0.417 e. The average molecular weight is 379 g/mol. The van der Waals surface area contributed by atoms with Crippen LogP contribution < -0.4 is 0 Å². The molecular formula is C21H15ClN2OS. The lowest BCUT2D eigenvalue weighted by atomic mass is 10.2. The van der Waals surface area contributed by atoms with Crippen LogP contribution in [0.5, 0.6) is 0 Å². The lowest BCUT2D eigenvalue weighted by Crippen LogP contribution is -1.90. The third-order valence-electron chi connectivity index (χ3n) is 3.76. The van der Waals surface area contributed by atoms with Gasteiger partial charge in [-0.3, -0.25) is 0 Å². The minimum absolute atomic E-state index is 0.650. The van der Waals surface area contributed by atoms with E-state index in [1.54, 1.807) is 0 Å². The number of para-hydroxylation sites is 2. The zero-order valence-corrected chi connectivity index (χ0v) is 15.3. The molecule has 0 aliphatic heterocycles. The van der Waals surface area contributed by atoms with E-state index in [2.05, 4.69) is 9.97 Å². The third kappa shape index (κ3) is 3.93. The number of fused-ring (bicyclic) bond motifs is 1. The van der Waals surface area contributed by atoms with E-state index < -0.39 is 0 Å². The van der Waals surface area contributed by atoms with Gasteiger partial charge in [-0.2, -0.15) is 0 Å². The summed E-state index contributed by atoms with van der Waals surface area (Å²) in [5.41, 5.74) is 2.86. The van der Waals surface area contributed by atoms with E-state index in [1.807, 2.05) is 84.9 Å². The van der Waals surface area contributed by atoms with Gasteiger partial charge in [-0.25, -0.2) is 4.98 Å². The van der Waals surface area contributed by atoms with Gasteiger partial charge in [0.25, 0.3) is 0 Å². The van der Waals surface area contributed by atoms with Crippen LogP contribution >= 0.6 is 23.6 Å². The van der Waals surface area contributed by atoms with Crippen molar-refractivity contribution >= 4 is 46.5 Å². The summed E-state index contributed by atoms with van der Waals surface area (Å²) in [4.78, 5) is 8.99. The predicted octanol–water partition coefficient (Wildman–Crippen LogP) is 6.44. The summed E-state index contributed by atoms with van der Waals surface area (Å²) in [6.07, 6.45) is 1.95. The second-order valence-electron chi connectivity index (χ2n) is 5.64. The van der Waals surface area contributed by atoms with E-state index in [9.17, 15) is 0 Å². The molecule has 1 N–H and O–H groups in total. The Morgan fingerprint density at radius 1 is 0.923 bits per heavy atom. The fourth-order valence-corrected chi connectivity index (χ4v) is 3.19. The van der Waals surface area contributed by atoms with Crippen LogP contribution in [0.2, 0.25) is 5.02 Å². The average Bonchev–Trinajstić information content (AvgIpc) is 3.11. The molecule has 0 amide bonds. The van der Waals surface area contributed by atoms with Gasteiger partial charge in [0.2, 0.25) is 0 Å². The number of rotatable bonds is 5. The van der Waals surface area contributed by atoms with E-state index in [0.29, 0.717) is 16.6 Å². The summed E-state index contributed by atoms with van der Waals surface area (Å²) in [5.74, 6) is 1.34. The Balaban J connectivity index is 1.69. The number of aromatic nitrogens is 2. The van der Waals surface area contributed by atoms with Crippen molar-refractivity contribution in [3.8, 4) is 0 Å². The molecule has 0 fully saturated rings. The first kappa shape index (κ1) is 16.8. The first-order valence-electron chi connectivity index (χ1n) is 8.10. The van der Waals surface area contributed by atoms with Gasteiger partial charge in [-0.05, 0) is 48.0 Å². The topological polar surface area (TPSA) is 37.9 Å².